The maximum atomic E-state index is 13.6. The van der Waals surface area contributed by atoms with Gasteiger partial charge < -0.3 is 10.1 Å². The number of hydrogen-bond donors (Lipinski definition) is 1. The summed E-state index contributed by atoms with van der Waals surface area (Å²) in [6, 6.07) is 2.26. The Morgan fingerprint density at radius 3 is 2.75 bits per heavy atom. The number of hydrogen-bond acceptors (Lipinski definition) is 2. The van der Waals surface area contributed by atoms with Gasteiger partial charge in [0.1, 0.15) is 5.82 Å². The minimum atomic E-state index is -0.496. The van der Waals surface area contributed by atoms with Gasteiger partial charge in [-0.25, -0.2) is 8.78 Å². The molecule has 1 heterocycles. The van der Waals surface area contributed by atoms with Crippen molar-refractivity contribution in [2.45, 2.75) is 12.8 Å². The fraction of sp³-hybridized carbons (Fsp3) is 0.500. The summed E-state index contributed by atoms with van der Waals surface area (Å²) < 4.78 is 31.9. The Bertz CT molecular complexity index is 376. The van der Waals surface area contributed by atoms with E-state index in [9.17, 15) is 8.78 Å². The monoisotopic (exact) mass is 227 g/mol. The third kappa shape index (κ3) is 2.16. The van der Waals surface area contributed by atoms with Crippen molar-refractivity contribution in [2.24, 2.45) is 5.92 Å². The quantitative estimate of drug-likeness (QED) is 0.854. The highest BCUT2D eigenvalue weighted by Gasteiger charge is 2.21. The molecule has 1 aromatic rings. The minimum absolute atomic E-state index is 0.0481. The summed E-state index contributed by atoms with van der Waals surface area (Å²) in [5.74, 6) is -0.466. The summed E-state index contributed by atoms with van der Waals surface area (Å²) in [6.45, 7) is 1.81. The highest BCUT2D eigenvalue weighted by atomic mass is 19.1. The van der Waals surface area contributed by atoms with E-state index in [-0.39, 0.29) is 11.6 Å². The van der Waals surface area contributed by atoms with Crippen LogP contribution in [0.3, 0.4) is 0 Å². The molecule has 0 radical (unpaired) electrons. The van der Waals surface area contributed by atoms with E-state index in [4.69, 9.17) is 4.74 Å². The van der Waals surface area contributed by atoms with Crippen LogP contribution in [0.15, 0.2) is 12.1 Å². The molecule has 0 saturated carbocycles. The smallest absolute Gasteiger partial charge is 0.165 e. The maximum absolute atomic E-state index is 13.6. The van der Waals surface area contributed by atoms with Crippen LogP contribution < -0.4 is 10.1 Å². The maximum Gasteiger partial charge on any atom is 0.165 e. The second kappa shape index (κ2) is 4.78. The normalized spacial score (nSPS) is 20.1. The molecule has 1 fully saturated rings. The Morgan fingerprint density at radius 1 is 1.38 bits per heavy atom. The third-order valence-electron chi connectivity index (χ3n) is 3.01. The van der Waals surface area contributed by atoms with Crippen LogP contribution in [0, 0.1) is 17.6 Å². The molecular formula is C12H15F2NO. The first-order valence-electron chi connectivity index (χ1n) is 5.44. The zero-order chi connectivity index (χ0) is 11.5. The molecule has 4 heteroatoms. The molecule has 0 amide bonds. The number of halogens is 2. The molecule has 0 bridgehead atoms. The number of ether oxygens (including phenoxy) is 1. The van der Waals surface area contributed by atoms with Crippen LogP contribution in [0.25, 0.3) is 0 Å². The van der Waals surface area contributed by atoms with Crippen molar-refractivity contribution >= 4 is 0 Å². The molecule has 88 valence electrons. The first-order chi connectivity index (χ1) is 7.72. The fourth-order valence-corrected chi connectivity index (χ4v) is 2.16. The van der Waals surface area contributed by atoms with Gasteiger partial charge in [0.15, 0.2) is 11.6 Å². The number of rotatable bonds is 3. The lowest BCUT2D eigenvalue weighted by Gasteiger charge is -2.13. The Balaban J connectivity index is 2.26. The number of nitrogens with one attached hydrogen (secondary N) is 1. The van der Waals surface area contributed by atoms with Gasteiger partial charge >= 0.3 is 0 Å². The summed E-state index contributed by atoms with van der Waals surface area (Å²) >= 11 is 0. The summed E-state index contributed by atoms with van der Waals surface area (Å²) in [5, 5.41) is 3.21. The molecule has 2 nitrogen and oxygen atoms in total. The standard InChI is InChI=1S/C12H15F2NO/c1-16-12-9(6-8-4-5-15-7-8)10(13)2-3-11(12)14/h2-3,8,15H,4-7H2,1H3. The summed E-state index contributed by atoms with van der Waals surface area (Å²) in [6.07, 6.45) is 1.53. The van der Waals surface area contributed by atoms with E-state index < -0.39 is 5.82 Å². The fourth-order valence-electron chi connectivity index (χ4n) is 2.16. The predicted molar refractivity (Wildman–Crippen MR) is 57.6 cm³/mol. The van der Waals surface area contributed by atoms with Crippen molar-refractivity contribution in [3.8, 4) is 5.75 Å². The molecular weight excluding hydrogens is 212 g/mol. The molecule has 1 aliphatic heterocycles. The molecule has 1 aliphatic rings. The van der Waals surface area contributed by atoms with Crippen LogP contribution in [0.2, 0.25) is 0 Å². The Morgan fingerprint density at radius 2 is 2.12 bits per heavy atom. The second-order valence-corrected chi connectivity index (χ2v) is 4.10. The largest absolute Gasteiger partial charge is 0.493 e. The van der Waals surface area contributed by atoms with E-state index >= 15 is 0 Å². The molecule has 1 aromatic carbocycles. The Kier molecular flexibility index (Phi) is 3.39. The highest BCUT2D eigenvalue weighted by Crippen LogP contribution is 2.28. The summed E-state index contributed by atoms with van der Waals surface area (Å²) in [4.78, 5) is 0. The molecule has 0 spiro atoms. The third-order valence-corrected chi connectivity index (χ3v) is 3.01. The van der Waals surface area contributed by atoms with Crippen molar-refractivity contribution in [2.75, 3.05) is 20.2 Å². The van der Waals surface area contributed by atoms with E-state index in [1.165, 1.54) is 7.11 Å². The Hall–Kier alpha value is -1.16. The van der Waals surface area contributed by atoms with E-state index in [1.807, 2.05) is 0 Å². The molecule has 16 heavy (non-hydrogen) atoms. The topological polar surface area (TPSA) is 21.3 Å². The van der Waals surface area contributed by atoms with Gasteiger partial charge in [0, 0.05) is 5.56 Å². The predicted octanol–water partition coefficient (Wildman–Crippen LogP) is 2.13. The van der Waals surface area contributed by atoms with Crippen LogP contribution in [0.4, 0.5) is 8.78 Å². The van der Waals surface area contributed by atoms with E-state index in [1.54, 1.807) is 0 Å². The van der Waals surface area contributed by atoms with Gasteiger partial charge in [0.05, 0.1) is 7.11 Å². The zero-order valence-corrected chi connectivity index (χ0v) is 9.22. The molecule has 1 atom stereocenters. The first kappa shape index (κ1) is 11.3. The van der Waals surface area contributed by atoms with Crippen LogP contribution in [-0.4, -0.2) is 20.2 Å². The SMILES string of the molecule is COc1c(F)ccc(F)c1CC1CCNC1. The first-order valence-corrected chi connectivity index (χ1v) is 5.44. The average molecular weight is 227 g/mol. The van der Waals surface area contributed by atoms with E-state index in [2.05, 4.69) is 5.32 Å². The number of methoxy groups -OCH3 is 1. The lowest BCUT2D eigenvalue weighted by Crippen LogP contribution is -2.12. The van der Waals surface area contributed by atoms with Gasteiger partial charge in [-0.2, -0.15) is 0 Å². The van der Waals surface area contributed by atoms with E-state index in [0.29, 0.717) is 17.9 Å². The minimum Gasteiger partial charge on any atom is -0.493 e. The lowest BCUT2D eigenvalue weighted by molar-refractivity contribution is 0.371. The van der Waals surface area contributed by atoms with Crippen molar-refractivity contribution in [1.29, 1.82) is 0 Å². The zero-order valence-electron chi connectivity index (χ0n) is 9.22. The van der Waals surface area contributed by atoms with Gasteiger partial charge in [-0.1, -0.05) is 0 Å². The van der Waals surface area contributed by atoms with Crippen LogP contribution in [-0.2, 0) is 6.42 Å². The number of benzene rings is 1. The summed E-state index contributed by atoms with van der Waals surface area (Å²) in [7, 11) is 1.37. The van der Waals surface area contributed by atoms with Gasteiger partial charge in [-0.3, -0.25) is 0 Å². The van der Waals surface area contributed by atoms with Crippen LogP contribution in [0.1, 0.15) is 12.0 Å². The van der Waals surface area contributed by atoms with Gasteiger partial charge in [0.25, 0.3) is 0 Å². The van der Waals surface area contributed by atoms with Crippen LogP contribution in [0.5, 0.6) is 5.75 Å². The van der Waals surface area contributed by atoms with E-state index in [0.717, 1.165) is 31.6 Å². The van der Waals surface area contributed by atoms with Gasteiger partial charge in [-0.15, -0.1) is 0 Å². The van der Waals surface area contributed by atoms with Crippen molar-refractivity contribution in [3.05, 3.63) is 29.3 Å². The summed E-state index contributed by atoms with van der Waals surface area (Å²) in [5.41, 5.74) is 0.358. The highest BCUT2D eigenvalue weighted by molar-refractivity contribution is 5.36. The molecule has 1 saturated heterocycles. The van der Waals surface area contributed by atoms with Crippen molar-refractivity contribution in [3.63, 3.8) is 0 Å². The molecule has 0 aromatic heterocycles. The molecule has 1 N–H and O–H groups in total. The molecule has 2 rings (SSSR count). The van der Waals surface area contributed by atoms with Gasteiger partial charge in [0.2, 0.25) is 0 Å². The Labute approximate surface area is 93.6 Å². The lowest BCUT2D eigenvalue weighted by atomic mass is 9.97. The van der Waals surface area contributed by atoms with Crippen LogP contribution >= 0.6 is 0 Å². The molecule has 1 unspecified atom stereocenters. The average Bonchev–Trinajstić information content (AvgIpc) is 2.77. The second-order valence-electron chi connectivity index (χ2n) is 4.10. The van der Waals surface area contributed by atoms with Gasteiger partial charge in [-0.05, 0) is 44.0 Å². The molecule has 0 aliphatic carbocycles. The van der Waals surface area contributed by atoms with Crippen molar-refractivity contribution < 1.29 is 13.5 Å². The van der Waals surface area contributed by atoms with Crippen molar-refractivity contribution in [1.82, 2.24) is 5.32 Å².